The third-order valence-corrected chi connectivity index (χ3v) is 2.53. The Morgan fingerprint density at radius 2 is 1.56 bits per heavy atom. The highest BCUT2D eigenvalue weighted by molar-refractivity contribution is 6.30. The molecule has 82 valence electrons. The first-order valence-corrected chi connectivity index (χ1v) is 4.97. The Balaban J connectivity index is 2.57. The van der Waals surface area contributed by atoms with Gasteiger partial charge in [-0.2, -0.15) is 0 Å². The van der Waals surface area contributed by atoms with Crippen LogP contribution in [-0.2, 0) is 0 Å². The van der Waals surface area contributed by atoms with Crippen LogP contribution in [0.4, 0.5) is 14.5 Å². The van der Waals surface area contributed by atoms with Gasteiger partial charge in [0, 0.05) is 10.6 Å². The first-order chi connectivity index (χ1) is 7.59. The van der Waals surface area contributed by atoms with E-state index >= 15 is 0 Å². The Morgan fingerprint density at radius 1 is 0.938 bits per heavy atom. The van der Waals surface area contributed by atoms with Crippen LogP contribution in [0, 0.1) is 11.6 Å². The van der Waals surface area contributed by atoms with E-state index in [9.17, 15) is 8.78 Å². The smallest absolute Gasteiger partial charge is 0.156 e. The van der Waals surface area contributed by atoms with Crippen molar-refractivity contribution in [2.75, 3.05) is 5.73 Å². The molecule has 2 N–H and O–H groups in total. The molecule has 2 aromatic carbocycles. The number of rotatable bonds is 1. The molecular weight excluding hydrogens is 232 g/mol. The lowest BCUT2D eigenvalue weighted by atomic mass is 10.0. The van der Waals surface area contributed by atoms with Gasteiger partial charge in [0.05, 0.1) is 0 Å². The van der Waals surface area contributed by atoms with Gasteiger partial charge in [-0.3, -0.25) is 0 Å². The maximum Gasteiger partial charge on any atom is 0.156 e. The Labute approximate surface area is 96.5 Å². The molecule has 0 aliphatic carbocycles. The highest BCUT2D eigenvalue weighted by Crippen LogP contribution is 2.28. The average Bonchev–Trinajstić information content (AvgIpc) is 2.28. The summed E-state index contributed by atoms with van der Waals surface area (Å²) in [6, 6.07) is 9.06. The minimum absolute atomic E-state index is 0.260. The molecule has 0 aliphatic rings. The molecule has 0 unspecified atom stereocenters. The van der Waals surface area contributed by atoms with Crippen LogP contribution < -0.4 is 5.73 Å². The fourth-order valence-electron chi connectivity index (χ4n) is 1.42. The molecule has 0 radical (unpaired) electrons. The lowest BCUT2D eigenvalue weighted by Gasteiger charge is -2.06. The van der Waals surface area contributed by atoms with Crippen molar-refractivity contribution in [1.29, 1.82) is 0 Å². The molecule has 0 atom stereocenters. The standard InChI is InChI=1S/C12H8ClF2N/c13-8-3-1-7(2-4-8)9-5-6-10(14)12(16)11(9)15/h1-6H,16H2. The Bertz CT molecular complexity index is 523. The normalized spacial score (nSPS) is 10.4. The van der Waals surface area contributed by atoms with Crippen molar-refractivity contribution in [2.45, 2.75) is 0 Å². The molecule has 0 spiro atoms. The van der Waals surface area contributed by atoms with Gasteiger partial charge in [-0.1, -0.05) is 23.7 Å². The number of halogens is 3. The van der Waals surface area contributed by atoms with Crippen LogP contribution in [0.2, 0.25) is 5.02 Å². The van der Waals surface area contributed by atoms with E-state index < -0.39 is 17.3 Å². The fourth-order valence-corrected chi connectivity index (χ4v) is 1.55. The molecule has 0 saturated carbocycles. The summed E-state index contributed by atoms with van der Waals surface area (Å²) in [5.41, 5.74) is 5.67. The molecule has 0 saturated heterocycles. The molecule has 1 nitrogen and oxygen atoms in total. The molecule has 16 heavy (non-hydrogen) atoms. The predicted octanol–water partition coefficient (Wildman–Crippen LogP) is 3.87. The van der Waals surface area contributed by atoms with Gasteiger partial charge < -0.3 is 5.73 Å². The zero-order chi connectivity index (χ0) is 11.7. The lowest BCUT2D eigenvalue weighted by molar-refractivity contribution is 0.594. The maximum atomic E-state index is 13.7. The van der Waals surface area contributed by atoms with Gasteiger partial charge in [0.15, 0.2) is 5.82 Å². The monoisotopic (exact) mass is 239 g/mol. The molecule has 0 bridgehead atoms. The molecule has 2 rings (SSSR count). The predicted molar refractivity (Wildman–Crippen MR) is 61.2 cm³/mol. The van der Waals surface area contributed by atoms with Crippen LogP contribution in [0.15, 0.2) is 36.4 Å². The van der Waals surface area contributed by atoms with Crippen molar-refractivity contribution < 1.29 is 8.78 Å². The number of benzene rings is 2. The van der Waals surface area contributed by atoms with Gasteiger partial charge in [-0.15, -0.1) is 0 Å². The molecule has 0 amide bonds. The quantitative estimate of drug-likeness (QED) is 0.751. The lowest BCUT2D eigenvalue weighted by Crippen LogP contribution is -1.97. The van der Waals surface area contributed by atoms with Crippen LogP contribution in [-0.4, -0.2) is 0 Å². The highest BCUT2D eigenvalue weighted by atomic mass is 35.5. The molecule has 0 fully saturated rings. The van der Waals surface area contributed by atoms with Crippen LogP contribution in [0.3, 0.4) is 0 Å². The Hall–Kier alpha value is -1.61. The van der Waals surface area contributed by atoms with Crippen LogP contribution in [0.5, 0.6) is 0 Å². The SMILES string of the molecule is Nc1c(F)ccc(-c2ccc(Cl)cc2)c1F. The number of anilines is 1. The number of nitrogens with two attached hydrogens (primary N) is 1. The van der Waals surface area contributed by atoms with Gasteiger partial charge in [0.2, 0.25) is 0 Å². The van der Waals surface area contributed by atoms with Crippen molar-refractivity contribution in [3.8, 4) is 11.1 Å². The minimum Gasteiger partial charge on any atom is -0.394 e. The molecule has 4 heteroatoms. The molecule has 2 aromatic rings. The summed E-state index contributed by atoms with van der Waals surface area (Å²) in [7, 11) is 0. The van der Waals surface area contributed by atoms with E-state index in [1.807, 2.05) is 0 Å². The Kier molecular flexibility index (Phi) is 2.79. The summed E-state index contributed by atoms with van der Waals surface area (Å²) in [6.45, 7) is 0. The second-order valence-corrected chi connectivity index (χ2v) is 3.77. The number of nitrogen functional groups attached to an aromatic ring is 1. The van der Waals surface area contributed by atoms with Crippen LogP contribution in [0.1, 0.15) is 0 Å². The molecule has 0 aliphatic heterocycles. The third-order valence-electron chi connectivity index (χ3n) is 2.28. The number of hydrogen-bond acceptors (Lipinski definition) is 1. The molecular formula is C12H8ClF2N. The van der Waals surface area contributed by atoms with E-state index in [1.54, 1.807) is 24.3 Å². The first kappa shape index (κ1) is 10.9. The minimum atomic E-state index is -0.754. The zero-order valence-corrected chi connectivity index (χ0v) is 8.93. The molecule has 0 aromatic heterocycles. The van der Waals surface area contributed by atoms with Crippen LogP contribution >= 0.6 is 11.6 Å². The summed E-state index contributed by atoms with van der Waals surface area (Å²) in [5, 5.41) is 0.555. The van der Waals surface area contributed by atoms with Gasteiger partial charge in [0.25, 0.3) is 0 Å². The average molecular weight is 240 g/mol. The van der Waals surface area contributed by atoms with Gasteiger partial charge in [-0.25, -0.2) is 8.78 Å². The van der Waals surface area contributed by atoms with E-state index in [4.69, 9.17) is 17.3 Å². The van der Waals surface area contributed by atoms with Gasteiger partial charge in [-0.05, 0) is 29.8 Å². The van der Waals surface area contributed by atoms with Crippen molar-refractivity contribution in [3.63, 3.8) is 0 Å². The Morgan fingerprint density at radius 3 is 2.19 bits per heavy atom. The summed E-state index contributed by atoms with van der Waals surface area (Å²) >= 11 is 5.72. The van der Waals surface area contributed by atoms with Gasteiger partial charge >= 0.3 is 0 Å². The number of hydrogen-bond donors (Lipinski definition) is 1. The molecule has 0 heterocycles. The van der Waals surface area contributed by atoms with Crippen molar-refractivity contribution in [2.24, 2.45) is 0 Å². The summed E-state index contributed by atoms with van der Waals surface area (Å²) in [4.78, 5) is 0. The van der Waals surface area contributed by atoms with Crippen molar-refractivity contribution >= 4 is 17.3 Å². The van der Waals surface area contributed by atoms with Crippen molar-refractivity contribution in [3.05, 3.63) is 53.1 Å². The second-order valence-electron chi connectivity index (χ2n) is 3.33. The summed E-state index contributed by atoms with van der Waals surface area (Å²) in [5.74, 6) is -1.50. The van der Waals surface area contributed by atoms with Gasteiger partial charge in [0.1, 0.15) is 11.5 Å². The van der Waals surface area contributed by atoms with E-state index in [2.05, 4.69) is 0 Å². The largest absolute Gasteiger partial charge is 0.394 e. The fraction of sp³-hybridized carbons (Fsp3) is 0. The third kappa shape index (κ3) is 1.86. The van der Waals surface area contributed by atoms with E-state index in [0.717, 1.165) is 6.07 Å². The first-order valence-electron chi connectivity index (χ1n) is 4.59. The highest BCUT2D eigenvalue weighted by Gasteiger charge is 2.11. The van der Waals surface area contributed by atoms with E-state index in [1.165, 1.54) is 6.07 Å². The van der Waals surface area contributed by atoms with Crippen molar-refractivity contribution in [1.82, 2.24) is 0 Å². The zero-order valence-electron chi connectivity index (χ0n) is 8.18. The summed E-state index contributed by atoms with van der Waals surface area (Å²) < 4.78 is 26.6. The maximum absolute atomic E-state index is 13.7. The second kappa shape index (κ2) is 4.10. The van der Waals surface area contributed by atoms with Crippen LogP contribution in [0.25, 0.3) is 11.1 Å². The van der Waals surface area contributed by atoms with E-state index in [-0.39, 0.29) is 5.56 Å². The summed E-state index contributed by atoms with van der Waals surface area (Å²) in [6.07, 6.45) is 0. The van der Waals surface area contributed by atoms with E-state index in [0.29, 0.717) is 10.6 Å². The topological polar surface area (TPSA) is 26.0 Å².